The van der Waals surface area contributed by atoms with Crippen molar-refractivity contribution in [2.75, 3.05) is 19.8 Å². The molecule has 2 aromatic carbocycles. The van der Waals surface area contributed by atoms with E-state index in [1.807, 2.05) is 36.4 Å². The fraction of sp³-hybridized carbons (Fsp3) is 0.368. The Hall–Kier alpha value is -1.75. The van der Waals surface area contributed by atoms with Gasteiger partial charge in [0.15, 0.2) is 0 Å². The van der Waals surface area contributed by atoms with Gasteiger partial charge in [0.2, 0.25) is 0 Å². The number of hydrogen-bond donors (Lipinski definition) is 1. The van der Waals surface area contributed by atoms with Crippen molar-refractivity contribution in [1.82, 2.24) is 4.90 Å². The molecule has 0 bridgehead atoms. The van der Waals surface area contributed by atoms with Crippen LogP contribution in [-0.4, -0.2) is 35.8 Å². The minimum absolute atomic E-state index is 0.127. The molecule has 0 radical (unpaired) electrons. The minimum atomic E-state index is -0.516. The molecule has 1 heterocycles. The third kappa shape index (κ3) is 4.38. The quantitative estimate of drug-likeness (QED) is 0.920. The summed E-state index contributed by atoms with van der Waals surface area (Å²) >= 11 is 0. The maximum Gasteiger partial charge on any atom is 0.123 e. The zero-order valence-corrected chi connectivity index (χ0v) is 13.1. The Bertz CT molecular complexity index is 620. The zero-order valence-electron chi connectivity index (χ0n) is 13.1. The van der Waals surface area contributed by atoms with Gasteiger partial charge < -0.3 is 9.84 Å². The van der Waals surface area contributed by atoms with E-state index in [2.05, 4.69) is 4.90 Å². The van der Waals surface area contributed by atoms with Gasteiger partial charge in [0.1, 0.15) is 5.82 Å². The Morgan fingerprint density at radius 2 is 2.00 bits per heavy atom. The molecule has 0 spiro atoms. The summed E-state index contributed by atoms with van der Waals surface area (Å²) in [5.74, 6) is -0.211. The summed E-state index contributed by atoms with van der Waals surface area (Å²) in [6.45, 7) is 2.74. The lowest BCUT2D eigenvalue weighted by molar-refractivity contribution is -0.0300. The van der Waals surface area contributed by atoms with Gasteiger partial charge in [-0.25, -0.2) is 4.39 Å². The smallest absolute Gasteiger partial charge is 0.123 e. The second-order valence-corrected chi connectivity index (χ2v) is 5.99. The molecule has 1 saturated heterocycles. The molecule has 0 aromatic heterocycles. The van der Waals surface area contributed by atoms with Gasteiger partial charge in [0.25, 0.3) is 0 Å². The second kappa shape index (κ2) is 7.68. The van der Waals surface area contributed by atoms with Crippen LogP contribution in [0.2, 0.25) is 0 Å². The van der Waals surface area contributed by atoms with E-state index in [1.165, 1.54) is 6.07 Å². The van der Waals surface area contributed by atoms with Crippen molar-refractivity contribution < 1.29 is 14.2 Å². The number of morpholine rings is 1. The summed E-state index contributed by atoms with van der Waals surface area (Å²) in [6.07, 6.45) is 0.0946. The first-order chi connectivity index (χ1) is 11.2. The molecule has 1 aliphatic heterocycles. The summed E-state index contributed by atoms with van der Waals surface area (Å²) < 4.78 is 19.0. The minimum Gasteiger partial charge on any atom is -0.388 e. The highest BCUT2D eigenvalue weighted by atomic mass is 19.1. The van der Waals surface area contributed by atoms with E-state index in [9.17, 15) is 9.50 Å². The van der Waals surface area contributed by atoms with Gasteiger partial charge in [-0.15, -0.1) is 0 Å². The summed E-state index contributed by atoms with van der Waals surface area (Å²) in [5, 5.41) is 10.5. The monoisotopic (exact) mass is 315 g/mol. The topological polar surface area (TPSA) is 32.7 Å². The standard InChI is InChI=1S/C19H22FNO2/c20-17-8-4-5-15(11-17)13-21-9-10-23-14-18(21)12-19(22)16-6-2-1-3-7-16/h1-8,11,18-19,22H,9-10,12-14H2. The number of hydrogen-bond acceptors (Lipinski definition) is 3. The average Bonchev–Trinajstić information content (AvgIpc) is 2.57. The van der Waals surface area contributed by atoms with Crippen LogP contribution in [0.15, 0.2) is 54.6 Å². The van der Waals surface area contributed by atoms with E-state index in [0.29, 0.717) is 26.2 Å². The number of halogens is 1. The molecule has 1 N–H and O–H groups in total. The van der Waals surface area contributed by atoms with Gasteiger partial charge in [-0.1, -0.05) is 42.5 Å². The molecule has 0 amide bonds. The third-order valence-electron chi connectivity index (χ3n) is 4.30. The van der Waals surface area contributed by atoms with Crippen LogP contribution < -0.4 is 0 Å². The lowest BCUT2D eigenvalue weighted by atomic mass is 10.00. The van der Waals surface area contributed by atoms with E-state index in [1.54, 1.807) is 12.1 Å². The molecule has 2 unspecified atom stereocenters. The van der Waals surface area contributed by atoms with Crippen LogP contribution >= 0.6 is 0 Å². The van der Waals surface area contributed by atoms with E-state index < -0.39 is 6.10 Å². The maximum absolute atomic E-state index is 13.4. The van der Waals surface area contributed by atoms with Crippen molar-refractivity contribution in [2.24, 2.45) is 0 Å². The second-order valence-electron chi connectivity index (χ2n) is 5.99. The van der Waals surface area contributed by atoms with Gasteiger partial charge in [0, 0.05) is 19.1 Å². The van der Waals surface area contributed by atoms with Crippen molar-refractivity contribution in [3.8, 4) is 0 Å². The fourth-order valence-corrected chi connectivity index (χ4v) is 3.05. The van der Waals surface area contributed by atoms with Gasteiger partial charge in [-0.05, 0) is 29.7 Å². The molecule has 1 aliphatic rings. The van der Waals surface area contributed by atoms with Gasteiger partial charge in [0.05, 0.1) is 19.3 Å². The Balaban J connectivity index is 1.66. The highest BCUT2D eigenvalue weighted by molar-refractivity contribution is 5.18. The van der Waals surface area contributed by atoms with Gasteiger partial charge in [-0.2, -0.15) is 0 Å². The highest BCUT2D eigenvalue weighted by Gasteiger charge is 2.26. The summed E-state index contributed by atoms with van der Waals surface area (Å²) in [7, 11) is 0. The first kappa shape index (κ1) is 16.1. The van der Waals surface area contributed by atoms with E-state index in [0.717, 1.165) is 17.7 Å². The van der Waals surface area contributed by atoms with Crippen molar-refractivity contribution in [1.29, 1.82) is 0 Å². The molecule has 0 saturated carbocycles. The Morgan fingerprint density at radius 3 is 2.78 bits per heavy atom. The maximum atomic E-state index is 13.4. The van der Waals surface area contributed by atoms with Crippen molar-refractivity contribution in [2.45, 2.75) is 25.1 Å². The van der Waals surface area contributed by atoms with Crippen LogP contribution in [0.5, 0.6) is 0 Å². The van der Waals surface area contributed by atoms with Gasteiger partial charge in [-0.3, -0.25) is 4.90 Å². The van der Waals surface area contributed by atoms with E-state index >= 15 is 0 Å². The largest absolute Gasteiger partial charge is 0.388 e. The average molecular weight is 315 g/mol. The molecular weight excluding hydrogens is 293 g/mol. The van der Waals surface area contributed by atoms with Crippen molar-refractivity contribution >= 4 is 0 Å². The molecule has 0 aliphatic carbocycles. The summed E-state index contributed by atoms with van der Waals surface area (Å²) in [5.41, 5.74) is 1.87. The molecule has 4 heteroatoms. The first-order valence-corrected chi connectivity index (χ1v) is 8.01. The molecule has 3 rings (SSSR count). The Morgan fingerprint density at radius 1 is 1.17 bits per heavy atom. The molecule has 3 nitrogen and oxygen atoms in total. The fourth-order valence-electron chi connectivity index (χ4n) is 3.05. The number of nitrogens with zero attached hydrogens (tertiary/aromatic N) is 1. The van der Waals surface area contributed by atoms with Crippen LogP contribution in [-0.2, 0) is 11.3 Å². The third-order valence-corrected chi connectivity index (χ3v) is 4.30. The molecule has 1 fully saturated rings. The number of aliphatic hydroxyl groups excluding tert-OH is 1. The molecule has 2 aromatic rings. The lowest BCUT2D eigenvalue weighted by Crippen LogP contribution is -2.45. The molecule has 122 valence electrons. The SMILES string of the molecule is OC(CC1COCCN1Cc1cccc(F)c1)c1ccccc1. The number of rotatable bonds is 5. The predicted octanol–water partition coefficient (Wildman–Crippen LogP) is 3.15. The molecule has 23 heavy (non-hydrogen) atoms. The summed E-state index contributed by atoms with van der Waals surface area (Å²) in [4.78, 5) is 2.27. The Kier molecular flexibility index (Phi) is 5.39. The first-order valence-electron chi connectivity index (χ1n) is 8.01. The highest BCUT2D eigenvalue weighted by Crippen LogP contribution is 2.23. The van der Waals surface area contributed by atoms with Crippen LogP contribution in [0, 0.1) is 5.82 Å². The van der Waals surface area contributed by atoms with E-state index in [4.69, 9.17) is 4.74 Å². The van der Waals surface area contributed by atoms with Crippen LogP contribution in [0.4, 0.5) is 4.39 Å². The molecular formula is C19H22FNO2. The number of aliphatic hydroxyl groups is 1. The molecule has 2 atom stereocenters. The lowest BCUT2D eigenvalue weighted by Gasteiger charge is -2.36. The van der Waals surface area contributed by atoms with Crippen LogP contribution in [0.3, 0.4) is 0 Å². The van der Waals surface area contributed by atoms with E-state index in [-0.39, 0.29) is 11.9 Å². The van der Waals surface area contributed by atoms with Crippen molar-refractivity contribution in [3.63, 3.8) is 0 Å². The summed E-state index contributed by atoms with van der Waals surface area (Å²) in [6, 6.07) is 16.5. The van der Waals surface area contributed by atoms with Crippen LogP contribution in [0.25, 0.3) is 0 Å². The van der Waals surface area contributed by atoms with Crippen molar-refractivity contribution in [3.05, 3.63) is 71.5 Å². The Labute approximate surface area is 136 Å². The number of benzene rings is 2. The van der Waals surface area contributed by atoms with Gasteiger partial charge >= 0.3 is 0 Å². The number of ether oxygens (including phenoxy) is 1. The predicted molar refractivity (Wildman–Crippen MR) is 87.4 cm³/mol. The van der Waals surface area contributed by atoms with Crippen LogP contribution in [0.1, 0.15) is 23.7 Å². The zero-order chi connectivity index (χ0) is 16.1. The normalized spacial score (nSPS) is 20.3.